The molecule has 0 unspecified atom stereocenters. The summed E-state index contributed by atoms with van der Waals surface area (Å²) in [7, 11) is 0. The van der Waals surface area contributed by atoms with E-state index < -0.39 is 0 Å². The summed E-state index contributed by atoms with van der Waals surface area (Å²) in [5.41, 5.74) is 2.80. The SMILES string of the molecule is CC(C)c1ccc(C(=O)Nc2ccccc2C(=O)NC2CC2)cc1. The first kappa shape index (κ1) is 16.2. The van der Waals surface area contributed by atoms with Crippen molar-refractivity contribution >= 4 is 17.5 Å². The van der Waals surface area contributed by atoms with Gasteiger partial charge < -0.3 is 10.6 Å². The lowest BCUT2D eigenvalue weighted by molar-refractivity contribution is 0.0952. The zero-order valence-electron chi connectivity index (χ0n) is 14.0. The number of hydrogen-bond acceptors (Lipinski definition) is 2. The van der Waals surface area contributed by atoms with Crippen LogP contribution in [0.5, 0.6) is 0 Å². The minimum atomic E-state index is -0.211. The van der Waals surface area contributed by atoms with E-state index in [1.165, 1.54) is 5.56 Å². The van der Waals surface area contributed by atoms with Gasteiger partial charge in [0.05, 0.1) is 11.3 Å². The topological polar surface area (TPSA) is 58.2 Å². The fourth-order valence-corrected chi connectivity index (χ4v) is 2.49. The van der Waals surface area contributed by atoms with Crippen LogP contribution in [-0.4, -0.2) is 17.9 Å². The molecule has 1 aliphatic rings. The number of nitrogens with one attached hydrogen (secondary N) is 2. The van der Waals surface area contributed by atoms with Crippen molar-refractivity contribution in [1.29, 1.82) is 0 Å². The molecule has 4 heteroatoms. The highest BCUT2D eigenvalue weighted by Crippen LogP contribution is 2.22. The van der Waals surface area contributed by atoms with Gasteiger partial charge in [0.25, 0.3) is 11.8 Å². The molecule has 2 N–H and O–H groups in total. The molecule has 3 rings (SSSR count). The van der Waals surface area contributed by atoms with E-state index in [-0.39, 0.29) is 17.9 Å². The van der Waals surface area contributed by atoms with Crippen LogP contribution in [0.25, 0.3) is 0 Å². The number of amides is 2. The van der Waals surface area contributed by atoms with Gasteiger partial charge in [-0.1, -0.05) is 38.1 Å². The highest BCUT2D eigenvalue weighted by atomic mass is 16.2. The van der Waals surface area contributed by atoms with Crippen LogP contribution >= 0.6 is 0 Å². The molecule has 1 saturated carbocycles. The molecular weight excluding hydrogens is 300 g/mol. The smallest absolute Gasteiger partial charge is 0.255 e. The number of hydrogen-bond donors (Lipinski definition) is 2. The summed E-state index contributed by atoms with van der Waals surface area (Å²) in [5, 5.41) is 5.80. The van der Waals surface area contributed by atoms with Crippen LogP contribution in [0.3, 0.4) is 0 Å². The third-order valence-corrected chi connectivity index (χ3v) is 4.17. The largest absolute Gasteiger partial charge is 0.349 e. The van der Waals surface area contributed by atoms with Crippen LogP contribution in [0, 0.1) is 0 Å². The molecule has 0 bridgehead atoms. The first-order valence-corrected chi connectivity index (χ1v) is 8.36. The maximum absolute atomic E-state index is 12.5. The fraction of sp³-hybridized carbons (Fsp3) is 0.300. The molecule has 0 radical (unpaired) electrons. The second kappa shape index (κ2) is 6.87. The Morgan fingerprint density at radius 2 is 1.62 bits per heavy atom. The molecule has 0 aromatic heterocycles. The minimum absolute atomic E-state index is 0.136. The molecule has 2 amide bonds. The lowest BCUT2D eigenvalue weighted by Crippen LogP contribution is -2.27. The molecule has 124 valence electrons. The van der Waals surface area contributed by atoms with E-state index in [9.17, 15) is 9.59 Å². The van der Waals surface area contributed by atoms with Crippen LogP contribution in [0.15, 0.2) is 48.5 Å². The normalized spacial score (nSPS) is 13.6. The van der Waals surface area contributed by atoms with Gasteiger partial charge >= 0.3 is 0 Å². The molecule has 24 heavy (non-hydrogen) atoms. The Balaban J connectivity index is 1.75. The fourth-order valence-electron chi connectivity index (χ4n) is 2.49. The van der Waals surface area contributed by atoms with E-state index in [1.54, 1.807) is 18.2 Å². The van der Waals surface area contributed by atoms with Crippen molar-refractivity contribution in [2.24, 2.45) is 0 Å². The van der Waals surface area contributed by atoms with Gasteiger partial charge in [0, 0.05) is 11.6 Å². The van der Waals surface area contributed by atoms with Gasteiger partial charge in [0.2, 0.25) is 0 Å². The Hall–Kier alpha value is -2.62. The van der Waals surface area contributed by atoms with Gasteiger partial charge in [-0.25, -0.2) is 0 Å². The maximum Gasteiger partial charge on any atom is 0.255 e. The molecule has 1 fully saturated rings. The minimum Gasteiger partial charge on any atom is -0.349 e. The average molecular weight is 322 g/mol. The highest BCUT2D eigenvalue weighted by Gasteiger charge is 2.25. The van der Waals surface area contributed by atoms with E-state index in [2.05, 4.69) is 24.5 Å². The summed E-state index contributed by atoms with van der Waals surface area (Å²) in [6, 6.07) is 14.9. The van der Waals surface area contributed by atoms with Crippen LogP contribution < -0.4 is 10.6 Å². The molecule has 0 atom stereocenters. The Bertz CT molecular complexity index is 746. The first-order valence-electron chi connectivity index (χ1n) is 8.36. The Labute approximate surface area is 142 Å². The Kier molecular flexibility index (Phi) is 4.65. The summed E-state index contributed by atoms with van der Waals surface area (Å²) in [6.07, 6.45) is 2.06. The lowest BCUT2D eigenvalue weighted by Gasteiger charge is -2.12. The van der Waals surface area contributed by atoms with Gasteiger partial charge in [-0.3, -0.25) is 9.59 Å². The quantitative estimate of drug-likeness (QED) is 0.875. The summed E-state index contributed by atoms with van der Waals surface area (Å²) in [5.74, 6) is 0.0782. The summed E-state index contributed by atoms with van der Waals surface area (Å²) >= 11 is 0. The Morgan fingerprint density at radius 3 is 2.25 bits per heavy atom. The van der Waals surface area contributed by atoms with Crippen LogP contribution in [0.4, 0.5) is 5.69 Å². The van der Waals surface area contributed by atoms with Crippen molar-refractivity contribution < 1.29 is 9.59 Å². The number of carbonyl (C=O) groups excluding carboxylic acids is 2. The summed E-state index contributed by atoms with van der Waals surface area (Å²) in [4.78, 5) is 24.8. The number of para-hydroxylation sites is 1. The number of benzene rings is 2. The van der Waals surface area contributed by atoms with E-state index in [1.807, 2.05) is 30.3 Å². The monoisotopic (exact) mass is 322 g/mol. The summed E-state index contributed by atoms with van der Waals surface area (Å²) < 4.78 is 0. The van der Waals surface area contributed by atoms with Crippen molar-refractivity contribution in [1.82, 2.24) is 5.32 Å². The van der Waals surface area contributed by atoms with E-state index in [0.29, 0.717) is 22.7 Å². The second-order valence-electron chi connectivity index (χ2n) is 6.52. The van der Waals surface area contributed by atoms with Gasteiger partial charge in [-0.2, -0.15) is 0 Å². The molecule has 2 aromatic carbocycles. The molecule has 0 heterocycles. The number of carbonyl (C=O) groups is 2. The standard InChI is InChI=1S/C20H22N2O2/c1-13(2)14-7-9-15(10-8-14)19(23)22-18-6-4-3-5-17(18)20(24)21-16-11-12-16/h3-10,13,16H,11-12H2,1-2H3,(H,21,24)(H,22,23). The summed E-state index contributed by atoms with van der Waals surface area (Å²) in [6.45, 7) is 4.23. The zero-order chi connectivity index (χ0) is 17.1. The molecule has 2 aromatic rings. The first-order chi connectivity index (χ1) is 11.5. The average Bonchev–Trinajstić information content (AvgIpc) is 3.39. The van der Waals surface area contributed by atoms with E-state index in [0.717, 1.165) is 12.8 Å². The molecule has 4 nitrogen and oxygen atoms in total. The maximum atomic E-state index is 12.5. The van der Waals surface area contributed by atoms with E-state index in [4.69, 9.17) is 0 Å². The lowest BCUT2D eigenvalue weighted by atomic mass is 10.0. The molecular formula is C20H22N2O2. The van der Waals surface area contributed by atoms with Crippen molar-refractivity contribution in [3.63, 3.8) is 0 Å². The second-order valence-corrected chi connectivity index (χ2v) is 6.52. The van der Waals surface area contributed by atoms with Crippen LogP contribution in [0.1, 0.15) is 58.9 Å². The van der Waals surface area contributed by atoms with Gasteiger partial charge in [0.1, 0.15) is 0 Å². The third kappa shape index (κ3) is 3.82. The predicted octanol–water partition coefficient (Wildman–Crippen LogP) is 3.95. The van der Waals surface area contributed by atoms with E-state index >= 15 is 0 Å². The predicted molar refractivity (Wildman–Crippen MR) is 95.4 cm³/mol. The van der Waals surface area contributed by atoms with Crippen LogP contribution in [-0.2, 0) is 0 Å². The van der Waals surface area contributed by atoms with Crippen molar-refractivity contribution in [2.45, 2.75) is 38.6 Å². The van der Waals surface area contributed by atoms with Gasteiger partial charge in [-0.05, 0) is 48.6 Å². The molecule has 1 aliphatic carbocycles. The number of rotatable bonds is 5. The van der Waals surface area contributed by atoms with Crippen molar-refractivity contribution in [3.8, 4) is 0 Å². The van der Waals surface area contributed by atoms with Crippen LogP contribution in [0.2, 0.25) is 0 Å². The van der Waals surface area contributed by atoms with Crippen molar-refractivity contribution in [2.75, 3.05) is 5.32 Å². The van der Waals surface area contributed by atoms with Gasteiger partial charge in [0.15, 0.2) is 0 Å². The third-order valence-electron chi connectivity index (χ3n) is 4.17. The Morgan fingerprint density at radius 1 is 0.958 bits per heavy atom. The zero-order valence-corrected chi connectivity index (χ0v) is 14.0. The number of anilines is 1. The molecule has 0 spiro atoms. The van der Waals surface area contributed by atoms with Gasteiger partial charge in [-0.15, -0.1) is 0 Å². The molecule has 0 saturated heterocycles. The molecule has 0 aliphatic heterocycles. The van der Waals surface area contributed by atoms with Crippen molar-refractivity contribution in [3.05, 3.63) is 65.2 Å². The highest BCUT2D eigenvalue weighted by molar-refractivity contribution is 6.09.